The topological polar surface area (TPSA) is 77.7 Å². The predicted octanol–water partition coefficient (Wildman–Crippen LogP) is 3.06. The minimum absolute atomic E-state index is 0.0811. The van der Waals surface area contributed by atoms with Crippen LogP contribution in [0.5, 0.6) is 0 Å². The predicted molar refractivity (Wildman–Crippen MR) is 125 cm³/mol. The van der Waals surface area contributed by atoms with Crippen molar-refractivity contribution in [2.45, 2.75) is 32.7 Å². The van der Waals surface area contributed by atoms with Gasteiger partial charge >= 0.3 is 0 Å². The minimum Gasteiger partial charge on any atom is -0.379 e. The summed E-state index contributed by atoms with van der Waals surface area (Å²) in [6.07, 6.45) is 3.87. The van der Waals surface area contributed by atoms with Gasteiger partial charge in [0.25, 0.3) is 11.8 Å². The number of ether oxygens (including phenoxy) is 1. The van der Waals surface area contributed by atoms with E-state index in [9.17, 15) is 9.59 Å². The first-order chi connectivity index (χ1) is 15.5. The van der Waals surface area contributed by atoms with Crippen LogP contribution in [0, 0.1) is 13.8 Å². The zero-order valence-electron chi connectivity index (χ0n) is 18.7. The van der Waals surface area contributed by atoms with Gasteiger partial charge in [-0.2, -0.15) is 0 Å². The highest BCUT2D eigenvalue weighted by Gasteiger charge is 2.31. The zero-order chi connectivity index (χ0) is 22.2. The number of carbonyl (C=O) groups is 2. The molecule has 0 bridgehead atoms. The highest BCUT2D eigenvalue weighted by atomic mass is 16.5. The van der Waals surface area contributed by atoms with E-state index in [1.54, 1.807) is 0 Å². The van der Waals surface area contributed by atoms with Crippen molar-refractivity contribution in [2.75, 3.05) is 44.7 Å². The summed E-state index contributed by atoms with van der Waals surface area (Å²) in [6.45, 7) is 9.04. The summed E-state index contributed by atoms with van der Waals surface area (Å²) in [5, 5.41) is 2.91. The highest BCUT2D eigenvalue weighted by Crippen LogP contribution is 2.34. The number of hydrogen-bond donors (Lipinski definition) is 2. The van der Waals surface area contributed by atoms with E-state index in [-0.39, 0.29) is 11.8 Å². The first-order valence-electron chi connectivity index (χ1n) is 11.5. The molecule has 7 nitrogen and oxygen atoms in total. The number of rotatable bonds is 3. The van der Waals surface area contributed by atoms with Gasteiger partial charge in [-0.25, -0.2) is 0 Å². The van der Waals surface area contributed by atoms with Crippen LogP contribution in [-0.4, -0.2) is 72.0 Å². The summed E-state index contributed by atoms with van der Waals surface area (Å²) < 4.78 is 5.47. The molecule has 0 aliphatic carbocycles. The summed E-state index contributed by atoms with van der Waals surface area (Å²) in [7, 11) is 0. The van der Waals surface area contributed by atoms with Gasteiger partial charge in [0, 0.05) is 54.9 Å². The number of piperidine rings is 1. The fourth-order valence-corrected chi connectivity index (χ4v) is 5.20. The molecule has 0 saturated carbocycles. The van der Waals surface area contributed by atoms with Gasteiger partial charge in [-0.15, -0.1) is 0 Å². The molecule has 3 aliphatic heterocycles. The fraction of sp³-hybridized carbons (Fsp3) is 0.440. The molecule has 2 saturated heterocycles. The lowest BCUT2D eigenvalue weighted by Gasteiger charge is -2.40. The van der Waals surface area contributed by atoms with Crippen LogP contribution in [0.15, 0.2) is 24.3 Å². The third-order valence-corrected chi connectivity index (χ3v) is 7.00. The number of fused-ring (bicyclic) bond motifs is 1. The first-order valence-corrected chi connectivity index (χ1v) is 11.5. The summed E-state index contributed by atoms with van der Waals surface area (Å²) in [5.41, 5.74) is 5.62. The standard InChI is InChI=1S/C25H30N4O3/c1-16-22(15-20-19-5-3-4-6-21(19)27-24(20)30)26-17(2)23(16)25(31)29-9-7-18(8-10-29)28-11-13-32-14-12-28/h3-6,15,18,26H,7-14H2,1-2H3,(H,27,30). The van der Waals surface area contributed by atoms with Crippen molar-refractivity contribution < 1.29 is 14.3 Å². The Hall–Kier alpha value is -2.90. The number of aryl methyl sites for hydroxylation is 1. The Kier molecular flexibility index (Phi) is 5.61. The Morgan fingerprint density at radius 3 is 2.56 bits per heavy atom. The second-order valence-electron chi connectivity index (χ2n) is 8.89. The van der Waals surface area contributed by atoms with Gasteiger partial charge in [-0.05, 0) is 44.4 Å². The highest BCUT2D eigenvalue weighted by molar-refractivity contribution is 6.34. The Labute approximate surface area is 188 Å². The van der Waals surface area contributed by atoms with E-state index in [1.165, 1.54) is 0 Å². The lowest BCUT2D eigenvalue weighted by molar-refractivity contribution is -0.110. The molecule has 0 spiro atoms. The molecular formula is C25H30N4O3. The number of aromatic nitrogens is 1. The quantitative estimate of drug-likeness (QED) is 0.728. The number of likely N-dealkylation sites (tertiary alicyclic amines) is 1. The molecule has 2 N–H and O–H groups in total. The molecule has 0 radical (unpaired) electrons. The van der Waals surface area contributed by atoms with Gasteiger partial charge in [0.05, 0.1) is 24.4 Å². The Balaban J connectivity index is 1.34. The van der Waals surface area contributed by atoms with Crippen molar-refractivity contribution in [3.8, 4) is 0 Å². The summed E-state index contributed by atoms with van der Waals surface area (Å²) >= 11 is 0. The van der Waals surface area contributed by atoms with Crippen molar-refractivity contribution in [3.63, 3.8) is 0 Å². The molecule has 1 aromatic carbocycles. The normalized spacial score (nSPS) is 21.1. The Bertz CT molecular complexity index is 1070. The number of anilines is 1. The average Bonchev–Trinajstić information content (AvgIpc) is 3.29. The lowest BCUT2D eigenvalue weighted by atomic mass is 10.0. The monoisotopic (exact) mass is 434 g/mol. The van der Waals surface area contributed by atoms with Crippen LogP contribution in [0.3, 0.4) is 0 Å². The number of benzene rings is 1. The van der Waals surface area contributed by atoms with Crippen molar-refractivity contribution >= 4 is 29.2 Å². The Morgan fingerprint density at radius 1 is 1.09 bits per heavy atom. The molecule has 7 heteroatoms. The number of nitrogens with one attached hydrogen (secondary N) is 2. The van der Waals surface area contributed by atoms with Crippen LogP contribution in [0.2, 0.25) is 0 Å². The molecule has 0 atom stereocenters. The summed E-state index contributed by atoms with van der Waals surface area (Å²) in [6, 6.07) is 8.21. The molecule has 4 heterocycles. The summed E-state index contributed by atoms with van der Waals surface area (Å²) in [5.74, 6) is -0.0338. The second-order valence-corrected chi connectivity index (χ2v) is 8.89. The SMILES string of the molecule is Cc1[nH]c(C=C2C(=O)Nc3ccccc32)c(C)c1C(=O)N1CCC(N2CCOCC2)CC1. The van der Waals surface area contributed by atoms with Crippen LogP contribution in [0.25, 0.3) is 11.6 Å². The molecule has 168 valence electrons. The molecule has 3 aliphatic rings. The smallest absolute Gasteiger partial charge is 0.256 e. The van der Waals surface area contributed by atoms with Crippen molar-refractivity contribution in [2.24, 2.45) is 0 Å². The average molecular weight is 435 g/mol. The minimum atomic E-state index is -0.115. The van der Waals surface area contributed by atoms with E-state index in [4.69, 9.17) is 4.74 Å². The lowest BCUT2D eigenvalue weighted by Crippen LogP contribution is -2.50. The van der Waals surface area contributed by atoms with Crippen molar-refractivity contribution in [1.29, 1.82) is 0 Å². The van der Waals surface area contributed by atoms with E-state index in [1.807, 2.05) is 49.1 Å². The van der Waals surface area contributed by atoms with Gasteiger partial charge in [0.2, 0.25) is 0 Å². The number of amides is 2. The molecule has 2 fully saturated rings. The van der Waals surface area contributed by atoms with Crippen LogP contribution >= 0.6 is 0 Å². The van der Waals surface area contributed by atoms with E-state index in [0.717, 1.165) is 86.0 Å². The molecule has 0 unspecified atom stereocenters. The molecule has 2 amide bonds. The number of aromatic amines is 1. The largest absolute Gasteiger partial charge is 0.379 e. The van der Waals surface area contributed by atoms with Gasteiger partial charge in [0.1, 0.15) is 0 Å². The van der Waals surface area contributed by atoms with E-state index in [2.05, 4.69) is 15.2 Å². The third-order valence-electron chi connectivity index (χ3n) is 7.00. The molecule has 2 aromatic rings. The van der Waals surface area contributed by atoms with Gasteiger partial charge < -0.3 is 19.9 Å². The maximum atomic E-state index is 13.4. The van der Waals surface area contributed by atoms with Gasteiger partial charge in [-0.3, -0.25) is 14.5 Å². The Morgan fingerprint density at radius 2 is 1.81 bits per heavy atom. The van der Waals surface area contributed by atoms with Crippen LogP contribution in [-0.2, 0) is 9.53 Å². The zero-order valence-corrected chi connectivity index (χ0v) is 18.7. The number of H-pyrrole nitrogens is 1. The van der Waals surface area contributed by atoms with E-state index in [0.29, 0.717) is 11.6 Å². The number of hydrogen-bond acceptors (Lipinski definition) is 4. The second kappa shape index (κ2) is 8.56. The van der Waals surface area contributed by atoms with E-state index >= 15 is 0 Å². The summed E-state index contributed by atoms with van der Waals surface area (Å²) in [4.78, 5) is 33.7. The van der Waals surface area contributed by atoms with Crippen LogP contribution in [0.1, 0.15) is 45.7 Å². The third kappa shape index (κ3) is 3.76. The van der Waals surface area contributed by atoms with Gasteiger partial charge in [-0.1, -0.05) is 18.2 Å². The van der Waals surface area contributed by atoms with Crippen molar-refractivity contribution in [1.82, 2.24) is 14.8 Å². The maximum absolute atomic E-state index is 13.4. The first kappa shape index (κ1) is 21.0. The number of morpholine rings is 1. The maximum Gasteiger partial charge on any atom is 0.256 e. The number of nitrogens with zero attached hydrogens (tertiary/aromatic N) is 2. The molecule has 1 aromatic heterocycles. The van der Waals surface area contributed by atoms with Gasteiger partial charge in [0.15, 0.2) is 0 Å². The van der Waals surface area contributed by atoms with Crippen molar-refractivity contribution in [3.05, 3.63) is 52.3 Å². The van der Waals surface area contributed by atoms with E-state index < -0.39 is 0 Å². The van der Waals surface area contributed by atoms with Crippen LogP contribution in [0.4, 0.5) is 5.69 Å². The molecule has 5 rings (SSSR count). The molecular weight excluding hydrogens is 404 g/mol. The number of carbonyl (C=O) groups excluding carboxylic acids is 2. The number of para-hydroxylation sites is 1. The van der Waals surface area contributed by atoms with Crippen LogP contribution < -0.4 is 5.32 Å². The molecule has 32 heavy (non-hydrogen) atoms. The fourth-order valence-electron chi connectivity index (χ4n) is 5.20.